The van der Waals surface area contributed by atoms with Gasteiger partial charge in [-0.3, -0.25) is 14.5 Å². The molecule has 0 saturated carbocycles. The summed E-state index contributed by atoms with van der Waals surface area (Å²) < 4.78 is 40.4. The maximum Gasteiger partial charge on any atom is 0.416 e. The summed E-state index contributed by atoms with van der Waals surface area (Å²) >= 11 is 0. The third kappa shape index (κ3) is 6.02. The lowest BCUT2D eigenvalue weighted by atomic mass is 9.78. The van der Waals surface area contributed by atoms with Crippen LogP contribution in [-0.4, -0.2) is 51.7 Å². The normalized spacial score (nSPS) is 17.1. The molecule has 2 aliphatic rings. The lowest BCUT2D eigenvalue weighted by Gasteiger charge is -2.62. The minimum Gasteiger partial charge on any atom is -0.320 e. The third-order valence-electron chi connectivity index (χ3n) is 9.87. The van der Waals surface area contributed by atoms with Crippen molar-refractivity contribution in [3.63, 3.8) is 0 Å². The van der Waals surface area contributed by atoms with Crippen molar-refractivity contribution in [3.8, 4) is 0 Å². The Morgan fingerprint density at radius 1 is 0.571 bits per heavy atom. The molecule has 0 aliphatic carbocycles. The predicted molar refractivity (Wildman–Crippen MR) is 182 cm³/mol. The summed E-state index contributed by atoms with van der Waals surface area (Å²) in [5.41, 5.74) is 2.41. The number of piperazine rings is 1. The molecule has 0 N–H and O–H groups in total. The maximum absolute atomic E-state index is 15.2. The number of nitrogens with zero attached hydrogens (tertiary/aromatic N) is 3. The van der Waals surface area contributed by atoms with Gasteiger partial charge >= 0.3 is 6.18 Å². The number of likely N-dealkylation sites (tertiary alicyclic amines) is 1. The van der Waals surface area contributed by atoms with Crippen LogP contribution in [0.4, 0.5) is 13.2 Å². The molecule has 0 aromatic heterocycles. The lowest BCUT2D eigenvalue weighted by Crippen LogP contribution is -2.81. The third-order valence-corrected chi connectivity index (χ3v) is 9.87. The molecule has 2 saturated heterocycles. The zero-order chi connectivity index (χ0) is 34.2. The molecule has 2 fully saturated rings. The van der Waals surface area contributed by atoms with Crippen molar-refractivity contribution in [2.45, 2.75) is 36.8 Å². The minimum absolute atomic E-state index is 0.166. The molecule has 7 rings (SSSR count). The van der Waals surface area contributed by atoms with E-state index in [0.29, 0.717) is 5.56 Å². The average molecular weight is 660 g/mol. The summed E-state index contributed by atoms with van der Waals surface area (Å²) in [6.45, 7) is 2.14. The molecule has 49 heavy (non-hydrogen) atoms. The van der Waals surface area contributed by atoms with Gasteiger partial charge in [0, 0.05) is 13.1 Å². The van der Waals surface area contributed by atoms with Crippen LogP contribution in [0.25, 0.3) is 0 Å². The predicted octanol–water partition coefficient (Wildman–Crippen LogP) is 8.07. The first kappa shape index (κ1) is 32.3. The first-order valence-electron chi connectivity index (χ1n) is 16.4. The minimum atomic E-state index is -4.48. The van der Waals surface area contributed by atoms with Crippen LogP contribution in [0.1, 0.15) is 58.4 Å². The summed E-state index contributed by atoms with van der Waals surface area (Å²) in [7, 11) is 0. The molecule has 2 heterocycles. The molecule has 0 radical (unpaired) electrons. The second-order valence-electron chi connectivity index (χ2n) is 12.9. The topological polar surface area (TPSA) is 43.9 Å². The lowest BCUT2D eigenvalue weighted by molar-refractivity contribution is -0.186. The number of benzene rings is 5. The highest BCUT2D eigenvalue weighted by Crippen LogP contribution is 2.46. The molecule has 2 amide bonds. The van der Waals surface area contributed by atoms with Crippen LogP contribution >= 0.6 is 0 Å². The second-order valence-corrected chi connectivity index (χ2v) is 12.9. The average Bonchev–Trinajstić information content (AvgIpc) is 3.11. The van der Waals surface area contributed by atoms with E-state index in [9.17, 15) is 18.0 Å². The number of amides is 2. The van der Waals surface area contributed by atoms with E-state index < -0.39 is 29.4 Å². The molecule has 1 atom stereocenters. The standard InChI is InChI=1S/C41H36F3N3O2/c1-29(30-22-24-35(25-23-30)41(42,43)44)47-36(48)26-46(38(33-18-10-4-11-19-33)34-20-12-5-13-21-34)39(49)40(47)27-45(28-40)37(31-14-6-2-7-15-31)32-16-8-3-9-17-32/h2-25,29,37-38H,26-28H2,1H3/t29-/m0/s1. The van der Waals surface area contributed by atoms with Crippen molar-refractivity contribution >= 4 is 11.8 Å². The molecular weight excluding hydrogens is 623 g/mol. The van der Waals surface area contributed by atoms with Gasteiger partial charge in [0.15, 0.2) is 0 Å². The first-order chi connectivity index (χ1) is 23.7. The Balaban J connectivity index is 1.31. The molecule has 8 heteroatoms. The van der Waals surface area contributed by atoms with Gasteiger partial charge in [-0.05, 0) is 46.9 Å². The molecule has 5 aromatic rings. The van der Waals surface area contributed by atoms with Crippen LogP contribution in [0.2, 0.25) is 0 Å². The monoisotopic (exact) mass is 659 g/mol. The SMILES string of the molecule is C[C@@H](c1ccc(C(F)(F)F)cc1)N1C(=O)CN(C(c2ccccc2)c2ccccc2)C(=O)C12CN(C(c1ccccc1)c1ccccc1)C2. The Hall–Kier alpha value is -5.21. The Kier molecular flexibility index (Phi) is 8.59. The number of alkyl halides is 3. The van der Waals surface area contributed by atoms with Crippen LogP contribution < -0.4 is 0 Å². The molecule has 2 aliphatic heterocycles. The van der Waals surface area contributed by atoms with Gasteiger partial charge in [-0.2, -0.15) is 13.2 Å². The van der Waals surface area contributed by atoms with Crippen molar-refractivity contribution in [3.05, 3.63) is 179 Å². The zero-order valence-corrected chi connectivity index (χ0v) is 27.0. The highest BCUT2D eigenvalue weighted by Gasteiger charge is 2.62. The van der Waals surface area contributed by atoms with E-state index in [1.165, 1.54) is 12.1 Å². The second kappa shape index (κ2) is 13.0. The van der Waals surface area contributed by atoms with Gasteiger partial charge in [0.05, 0.1) is 23.7 Å². The van der Waals surface area contributed by atoms with Crippen LogP contribution in [0, 0.1) is 0 Å². The van der Waals surface area contributed by atoms with E-state index in [2.05, 4.69) is 29.2 Å². The van der Waals surface area contributed by atoms with Gasteiger partial charge in [0.2, 0.25) is 5.91 Å². The van der Waals surface area contributed by atoms with E-state index in [-0.39, 0.29) is 37.5 Å². The summed E-state index contributed by atoms with van der Waals surface area (Å²) in [6.07, 6.45) is -4.48. The van der Waals surface area contributed by atoms with Crippen LogP contribution in [-0.2, 0) is 15.8 Å². The quantitative estimate of drug-likeness (QED) is 0.169. The molecule has 5 nitrogen and oxygen atoms in total. The number of carbonyl (C=O) groups is 2. The number of halogens is 3. The van der Waals surface area contributed by atoms with Crippen molar-refractivity contribution in [2.75, 3.05) is 19.6 Å². The van der Waals surface area contributed by atoms with Gasteiger partial charge in [0.25, 0.3) is 5.91 Å². The van der Waals surface area contributed by atoms with Crippen molar-refractivity contribution in [1.82, 2.24) is 14.7 Å². The molecule has 248 valence electrons. The van der Waals surface area contributed by atoms with Crippen molar-refractivity contribution in [1.29, 1.82) is 0 Å². The van der Waals surface area contributed by atoms with Gasteiger partial charge < -0.3 is 9.80 Å². The number of hydrogen-bond acceptors (Lipinski definition) is 3. The molecule has 5 aromatic carbocycles. The van der Waals surface area contributed by atoms with E-state index in [1.807, 2.05) is 97.1 Å². The molecule has 0 bridgehead atoms. The maximum atomic E-state index is 15.2. The van der Waals surface area contributed by atoms with E-state index in [0.717, 1.165) is 34.4 Å². The highest BCUT2D eigenvalue weighted by atomic mass is 19.4. The molecule has 0 unspecified atom stereocenters. The Bertz CT molecular complexity index is 1820. The summed E-state index contributed by atoms with van der Waals surface area (Å²) in [5.74, 6) is -0.431. The van der Waals surface area contributed by atoms with Crippen LogP contribution in [0.5, 0.6) is 0 Å². The zero-order valence-electron chi connectivity index (χ0n) is 27.0. The number of hydrogen-bond donors (Lipinski definition) is 0. The van der Waals surface area contributed by atoms with Crippen molar-refractivity contribution in [2.24, 2.45) is 0 Å². The van der Waals surface area contributed by atoms with E-state index >= 15 is 4.79 Å². The number of rotatable bonds is 8. The Morgan fingerprint density at radius 3 is 1.39 bits per heavy atom. The van der Waals surface area contributed by atoms with Gasteiger partial charge in [-0.15, -0.1) is 0 Å². The van der Waals surface area contributed by atoms with Gasteiger partial charge in [-0.1, -0.05) is 133 Å². The van der Waals surface area contributed by atoms with Crippen LogP contribution in [0.15, 0.2) is 146 Å². The largest absolute Gasteiger partial charge is 0.416 e. The Morgan fingerprint density at radius 2 is 0.980 bits per heavy atom. The van der Waals surface area contributed by atoms with Crippen LogP contribution in [0.3, 0.4) is 0 Å². The summed E-state index contributed by atoms with van der Waals surface area (Å²) in [5, 5.41) is 0. The Labute approximate surface area is 284 Å². The fourth-order valence-corrected chi connectivity index (χ4v) is 7.60. The molecule has 1 spiro atoms. The summed E-state index contributed by atoms with van der Waals surface area (Å²) in [4.78, 5) is 35.3. The molecular formula is C41H36F3N3O2. The fourth-order valence-electron chi connectivity index (χ4n) is 7.60. The smallest absolute Gasteiger partial charge is 0.320 e. The van der Waals surface area contributed by atoms with Gasteiger partial charge in [-0.25, -0.2) is 0 Å². The van der Waals surface area contributed by atoms with E-state index in [1.54, 1.807) is 16.7 Å². The van der Waals surface area contributed by atoms with Gasteiger partial charge in [0.1, 0.15) is 12.1 Å². The van der Waals surface area contributed by atoms with Crippen molar-refractivity contribution < 1.29 is 22.8 Å². The fraction of sp³-hybridized carbons (Fsp3) is 0.220. The highest BCUT2D eigenvalue weighted by molar-refractivity contribution is 6.00. The van der Waals surface area contributed by atoms with E-state index in [4.69, 9.17) is 0 Å². The first-order valence-corrected chi connectivity index (χ1v) is 16.4. The summed E-state index contributed by atoms with van der Waals surface area (Å²) in [6, 6.07) is 43.1. The number of carbonyl (C=O) groups excluding carboxylic acids is 2.